The molecule has 1 atom stereocenters. The molecule has 0 saturated carbocycles. The number of hydrogen-bond donors (Lipinski definition) is 1. The Morgan fingerprint density at radius 3 is 2.42 bits per heavy atom. The first-order valence-corrected chi connectivity index (χ1v) is 5.99. The van der Waals surface area contributed by atoms with Crippen molar-refractivity contribution in [1.82, 2.24) is 5.32 Å². The van der Waals surface area contributed by atoms with Crippen molar-refractivity contribution in [2.45, 2.75) is 19.5 Å². The van der Waals surface area contributed by atoms with Gasteiger partial charge in [0.2, 0.25) is 0 Å². The van der Waals surface area contributed by atoms with Crippen LogP contribution in [-0.2, 0) is 6.54 Å². The summed E-state index contributed by atoms with van der Waals surface area (Å²) in [6, 6.07) is 9.50. The van der Waals surface area contributed by atoms with Gasteiger partial charge in [-0.1, -0.05) is 24.3 Å². The molecule has 1 nitrogen and oxygen atoms in total. The maximum absolute atomic E-state index is 13.6. The fourth-order valence-electron chi connectivity index (χ4n) is 1.87. The van der Waals surface area contributed by atoms with E-state index in [0.717, 1.165) is 6.07 Å². The molecular weight excluding hydrogens is 251 g/mol. The molecule has 0 aromatic heterocycles. The van der Waals surface area contributed by atoms with Gasteiger partial charge in [0, 0.05) is 29.8 Å². The molecule has 19 heavy (non-hydrogen) atoms. The third-order valence-electron chi connectivity index (χ3n) is 2.99. The molecule has 100 valence electrons. The van der Waals surface area contributed by atoms with E-state index >= 15 is 0 Å². The van der Waals surface area contributed by atoms with Crippen molar-refractivity contribution in [2.24, 2.45) is 0 Å². The first-order chi connectivity index (χ1) is 9.08. The number of benzene rings is 2. The lowest BCUT2D eigenvalue weighted by molar-refractivity contribution is 0.508. The maximum Gasteiger partial charge on any atom is 0.130 e. The summed E-state index contributed by atoms with van der Waals surface area (Å²) in [5.41, 5.74) is 0.870. The molecule has 2 aromatic rings. The van der Waals surface area contributed by atoms with Crippen LogP contribution in [0.4, 0.5) is 13.2 Å². The van der Waals surface area contributed by atoms with Crippen LogP contribution >= 0.6 is 0 Å². The van der Waals surface area contributed by atoms with Crippen molar-refractivity contribution in [3.05, 3.63) is 71.0 Å². The number of nitrogens with one attached hydrogen (secondary N) is 1. The zero-order valence-electron chi connectivity index (χ0n) is 10.5. The summed E-state index contributed by atoms with van der Waals surface area (Å²) in [7, 11) is 0. The van der Waals surface area contributed by atoms with Crippen molar-refractivity contribution in [1.29, 1.82) is 0 Å². The Morgan fingerprint density at radius 2 is 1.74 bits per heavy atom. The summed E-state index contributed by atoms with van der Waals surface area (Å²) in [6.07, 6.45) is 0. The molecule has 0 fully saturated rings. The Balaban J connectivity index is 2.05. The van der Waals surface area contributed by atoms with E-state index in [0.29, 0.717) is 11.1 Å². The van der Waals surface area contributed by atoms with E-state index in [2.05, 4.69) is 5.32 Å². The van der Waals surface area contributed by atoms with Crippen molar-refractivity contribution in [3.8, 4) is 0 Å². The molecule has 1 N–H and O–H groups in total. The topological polar surface area (TPSA) is 12.0 Å². The van der Waals surface area contributed by atoms with Crippen molar-refractivity contribution >= 4 is 0 Å². The molecule has 0 spiro atoms. The van der Waals surface area contributed by atoms with Gasteiger partial charge < -0.3 is 5.32 Å². The Morgan fingerprint density at radius 1 is 1.00 bits per heavy atom. The van der Waals surface area contributed by atoms with Gasteiger partial charge in [0.15, 0.2) is 0 Å². The summed E-state index contributed by atoms with van der Waals surface area (Å²) in [4.78, 5) is 0. The highest BCUT2D eigenvalue weighted by molar-refractivity contribution is 5.22. The normalized spacial score (nSPS) is 12.4. The minimum Gasteiger partial charge on any atom is -0.306 e. The molecule has 2 aromatic carbocycles. The van der Waals surface area contributed by atoms with Crippen molar-refractivity contribution in [3.63, 3.8) is 0 Å². The molecule has 0 aliphatic heterocycles. The Kier molecular flexibility index (Phi) is 4.22. The van der Waals surface area contributed by atoms with Gasteiger partial charge in [-0.15, -0.1) is 0 Å². The highest BCUT2D eigenvalue weighted by Gasteiger charge is 2.11. The van der Waals surface area contributed by atoms with E-state index in [9.17, 15) is 13.2 Å². The summed E-state index contributed by atoms with van der Waals surface area (Å²) in [6.45, 7) is 2.03. The largest absolute Gasteiger partial charge is 0.306 e. The molecule has 2 rings (SSSR count). The second-order valence-electron chi connectivity index (χ2n) is 4.36. The lowest BCUT2D eigenvalue weighted by atomic mass is 10.1. The molecule has 0 amide bonds. The van der Waals surface area contributed by atoms with Crippen LogP contribution in [0.1, 0.15) is 24.1 Å². The van der Waals surface area contributed by atoms with Gasteiger partial charge in [0.25, 0.3) is 0 Å². The van der Waals surface area contributed by atoms with Crippen LogP contribution in [0.5, 0.6) is 0 Å². The average Bonchev–Trinajstić information content (AvgIpc) is 2.37. The smallest absolute Gasteiger partial charge is 0.130 e. The van der Waals surface area contributed by atoms with Gasteiger partial charge in [-0.3, -0.25) is 0 Å². The minimum absolute atomic E-state index is 0.282. The molecule has 1 unspecified atom stereocenters. The van der Waals surface area contributed by atoms with Gasteiger partial charge >= 0.3 is 0 Å². The zero-order valence-corrected chi connectivity index (χ0v) is 10.5. The van der Waals surface area contributed by atoms with Crippen LogP contribution in [0.25, 0.3) is 0 Å². The molecule has 0 bridgehead atoms. The summed E-state index contributed by atoms with van der Waals surface area (Å²) in [5, 5.41) is 3.01. The van der Waals surface area contributed by atoms with Gasteiger partial charge in [-0.05, 0) is 19.1 Å². The van der Waals surface area contributed by atoms with Crippen LogP contribution in [0.15, 0.2) is 42.5 Å². The van der Waals surface area contributed by atoms with Crippen LogP contribution in [-0.4, -0.2) is 0 Å². The van der Waals surface area contributed by atoms with Crippen LogP contribution < -0.4 is 5.32 Å². The Labute approximate surface area is 110 Å². The predicted molar refractivity (Wildman–Crippen MR) is 68.0 cm³/mol. The van der Waals surface area contributed by atoms with Gasteiger partial charge in [0.1, 0.15) is 17.5 Å². The van der Waals surface area contributed by atoms with Gasteiger partial charge in [0.05, 0.1) is 0 Å². The third-order valence-corrected chi connectivity index (χ3v) is 2.99. The molecule has 0 saturated heterocycles. The SMILES string of the molecule is CC(NCc1ccccc1F)c1ccc(F)cc1F. The lowest BCUT2D eigenvalue weighted by Gasteiger charge is -2.15. The second-order valence-corrected chi connectivity index (χ2v) is 4.36. The second kappa shape index (κ2) is 5.89. The highest BCUT2D eigenvalue weighted by atomic mass is 19.1. The first-order valence-electron chi connectivity index (χ1n) is 5.99. The van der Waals surface area contributed by atoms with E-state index in [-0.39, 0.29) is 18.4 Å². The predicted octanol–water partition coefficient (Wildman–Crippen LogP) is 3.95. The quantitative estimate of drug-likeness (QED) is 0.882. The summed E-state index contributed by atoms with van der Waals surface area (Å²) < 4.78 is 39.8. The van der Waals surface area contributed by atoms with E-state index < -0.39 is 11.6 Å². The molecule has 0 radical (unpaired) electrons. The lowest BCUT2D eigenvalue weighted by Crippen LogP contribution is -2.19. The Hall–Kier alpha value is -1.81. The third kappa shape index (κ3) is 3.35. The molecule has 0 heterocycles. The average molecular weight is 265 g/mol. The van der Waals surface area contributed by atoms with Crippen LogP contribution in [0.3, 0.4) is 0 Å². The van der Waals surface area contributed by atoms with E-state index in [4.69, 9.17) is 0 Å². The zero-order chi connectivity index (χ0) is 13.8. The summed E-state index contributed by atoms with van der Waals surface area (Å²) in [5.74, 6) is -1.52. The number of hydrogen-bond acceptors (Lipinski definition) is 1. The monoisotopic (exact) mass is 265 g/mol. The first kappa shape index (κ1) is 13.6. The summed E-state index contributed by atoms with van der Waals surface area (Å²) >= 11 is 0. The fourth-order valence-corrected chi connectivity index (χ4v) is 1.87. The molecule has 4 heteroatoms. The highest BCUT2D eigenvalue weighted by Crippen LogP contribution is 2.18. The fraction of sp³-hybridized carbons (Fsp3) is 0.200. The van der Waals surface area contributed by atoms with Crippen LogP contribution in [0.2, 0.25) is 0 Å². The Bertz CT molecular complexity index is 569. The number of halogens is 3. The molecule has 0 aliphatic rings. The van der Waals surface area contributed by atoms with Crippen molar-refractivity contribution < 1.29 is 13.2 Å². The standard InChI is InChI=1S/C15H14F3N/c1-10(13-7-6-12(16)8-15(13)18)19-9-11-4-2-3-5-14(11)17/h2-8,10,19H,9H2,1H3. The molecular formula is C15H14F3N. The van der Waals surface area contributed by atoms with E-state index in [1.165, 1.54) is 18.2 Å². The van der Waals surface area contributed by atoms with Crippen molar-refractivity contribution in [2.75, 3.05) is 0 Å². The van der Waals surface area contributed by atoms with E-state index in [1.807, 2.05) is 0 Å². The minimum atomic E-state index is -0.609. The van der Waals surface area contributed by atoms with Crippen LogP contribution in [0, 0.1) is 17.5 Å². The molecule has 0 aliphatic carbocycles. The number of rotatable bonds is 4. The van der Waals surface area contributed by atoms with E-state index in [1.54, 1.807) is 25.1 Å². The van der Waals surface area contributed by atoms with Gasteiger partial charge in [-0.25, -0.2) is 13.2 Å². The van der Waals surface area contributed by atoms with Gasteiger partial charge in [-0.2, -0.15) is 0 Å². The maximum atomic E-state index is 13.6.